The first-order valence-corrected chi connectivity index (χ1v) is 7.89. The second-order valence-corrected chi connectivity index (χ2v) is 5.93. The van der Waals surface area contributed by atoms with E-state index in [1.54, 1.807) is 17.0 Å². The zero-order valence-corrected chi connectivity index (χ0v) is 13.4. The summed E-state index contributed by atoms with van der Waals surface area (Å²) in [7, 11) is 0. The number of ketones is 1. The zero-order chi connectivity index (χ0) is 16.8. The van der Waals surface area contributed by atoms with Gasteiger partial charge in [0.25, 0.3) is 0 Å². The predicted molar refractivity (Wildman–Crippen MR) is 87.0 cm³/mol. The molecule has 3 N–H and O–H groups in total. The molecule has 6 heteroatoms. The lowest BCUT2D eigenvalue weighted by atomic mass is 9.96. The van der Waals surface area contributed by atoms with E-state index in [4.69, 9.17) is 5.73 Å². The number of carbonyl (C=O) groups is 3. The number of nitrogens with one attached hydrogen (secondary N) is 1. The number of hydrogen-bond donors (Lipinski definition) is 2. The van der Waals surface area contributed by atoms with Crippen molar-refractivity contribution in [3.8, 4) is 0 Å². The summed E-state index contributed by atoms with van der Waals surface area (Å²) in [6.45, 7) is 3.31. The number of urea groups is 1. The smallest absolute Gasteiger partial charge is 0.317 e. The lowest BCUT2D eigenvalue weighted by Crippen LogP contribution is -2.46. The summed E-state index contributed by atoms with van der Waals surface area (Å²) in [5, 5.41) is 2.76. The van der Waals surface area contributed by atoms with Crippen LogP contribution in [0.4, 0.5) is 4.79 Å². The van der Waals surface area contributed by atoms with Gasteiger partial charge in [0.2, 0.25) is 5.91 Å². The number of nitrogens with two attached hydrogens (primary N) is 1. The van der Waals surface area contributed by atoms with Crippen molar-refractivity contribution < 1.29 is 14.4 Å². The molecular weight excluding hydrogens is 294 g/mol. The number of benzene rings is 1. The minimum Gasteiger partial charge on any atom is -0.369 e. The number of rotatable bonds is 5. The van der Waals surface area contributed by atoms with E-state index in [-0.39, 0.29) is 30.1 Å². The molecule has 3 amide bonds. The molecule has 0 unspecified atom stereocenters. The van der Waals surface area contributed by atoms with Crippen molar-refractivity contribution in [2.45, 2.75) is 26.2 Å². The fourth-order valence-electron chi connectivity index (χ4n) is 2.65. The number of amides is 3. The van der Waals surface area contributed by atoms with Crippen LogP contribution in [0.1, 0.15) is 35.2 Å². The highest BCUT2D eigenvalue weighted by atomic mass is 16.2. The topological polar surface area (TPSA) is 92.5 Å². The van der Waals surface area contributed by atoms with Gasteiger partial charge in [0.1, 0.15) is 0 Å². The lowest BCUT2D eigenvalue weighted by molar-refractivity contribution is -0.123. The van der Waals surface area contributed by atoms with Crippen LogP contribution in [0.25, 0.3) is 0 Å². The van der Waals surface area contributed by atoms with Crippen LogP contribution in [0.15, 0.2) is 24.3 Å². The Bertz CT molecular complexity index is 575. The van der Waals surface area contributed by atoms with Gasteiger partial charge in [-0.1, -0.05) is 29.8 Å². The highest BCUT2D eigenvalue weighted by molar-refractivity contribution is 5.96. The molecule has 0 aromatic heterocycles. The van der Waals surface area contributed by atoms with Crippen molar-refractivity contribution in [1.29, 1.82) is 0 Å². The maximum absolute atomic E-state index is 12.0. The number of aryl methyl sites for hydroxylation is 1. The summed E-state index contributed by atoms with van der Waals surface area (Å²) in [5.74, 6) is -0.423. The Hall–Kier alpha value is -2.37. The molecule has 6 nitrogen and oxygen atoms in total. The molecule has 124 valence electrons. The molecule has 23 heavy (non-hydrogen) atoms. The van der Waals surface area contributed by atoms with Gasteiger partial charge in [-0.25, -0.2) is 4.79 Å². The molecule has 1 aliphatic heterocycles. The molecule has 1 fully saturated rings. The van der Waals surface area contributed by atoms with Crippen LogP contribution in [-0.4, -0.2) is 42.3 Å². The van der Waals surface area contributed by atoms with E-state index < -0.39 is 0 Å². The van der Waals surface area contributed by atoms with E-state index >= 15 is 0 Å². The molecule has 1 heterocycles. The van der Waals surface area contributed by atoms with E-state index in [1.807, 2.05) is 19.1 Å². The average molecular weight is 317 g/mol. The molecular formula is C17H23N3O3. The molecule has 1 aromatic carbocycles. The van der Waals surface area contributed by atoms with Crippen LogP contribution in [0.2, 0.25) is 0 Å². The van der Waals surface area contributed by atoms with Crippen molar-refractivity contribution in [2.24, 2.45) is 11.7 Å². The third-order valence-corrected chi connectivity index (χ3v) is 4.19. The quantitative estimate of drug-likeness (QED) is 0.806. The van der Waals surface area contributed by atoms with E-state index in [9.17, 15) is 14.4 Å². The van der Waals surface area contributed by atoms with Crippen molar-refractivity contribution in [1.82, 2.24) is 10.2 Å². The molecule has 0 bridgehead atoms. The maximum Gasteiger partial charge on any atom is 0.317 e. The normalized spacial score (nSPS) is 15.3. The van der Waals surface area contributed by atoms with Gasteiger partial charge in [-0.15, -0.1) is 0 Å². The van der Waals surface area contributed by atoms with Gasteiger partial charge in [0.05, 0.1) is 0 Å². The van der Waals surface area contributed by atoms with Gasteiger partial charge in [0, 0.05) is 37.5 Å². The van der Waals surface area contributed by atoms with E-state index in [0.29, 0.717) is 38.0 Å². The summed E-state index contributed by atoms with van der Waals surface area (Å²) < 4.78 is 0. The first-order chi connectivity index (χ1) is 11.0. The van der Waals surface area contributed by atoms with Gasteiger partial charge in [-0.3, -0.25) is 9.59 Å². The molecule has 0 radical (unpaired) electrons. The Balaban J connectivity index is 1.72. The number of nitrogens with zero attached hydrogens (tertiary/aromatic N) is 1. The molecule has 0 saturated carbocycles. The van der Waals surface area contributed by atoms with Gasteiger partial charge in [-0.05, 0) is 19.8 Å². The Morgan fingerprint density at radius 3 is 2.35 bits per heavy atom. The lowest BCUT2D eigenvalue weighted by Gasteiger charge is -2.30. The Labute approximate surface area is 136 Å². The summed E-state index contributed by atoms with van der Waals surface area (Å²) in [6.07, 6.45) is 1.47. The van der Waals surface area contributed by atoms with Gasteiger partial charge < -0.3 is 16.0 Å². The maximum atomic E-state index is 12.0. The van der Waals surface area contributed by atoms with E-state index in [1.165, 1.54) is 0 Å². The van der Waals surface area contributed by atoms with Gasteiger partial charge in [-0.2, -0.15) is 0 Å². The second kappa shape index (κ2) is 7.76. The predicted octanol–water partition coefficient (Wildman–Crippen LogP) is 1.47. The zero-order valence-electron chi connectivity index (χ0n) is 13.4. The third-order valence-electron chi connectivity index (χ3n) is 4.19. The van der Waals surface area contributed by atoms with Crippen LogP contribution >= 0.6 is 0 Å². The molecule has 0 aliphatic carbocycles. The Morgan fingerprint density at radius 2 is 1.78 bits per heavy atom. The van der Waals surface area contributed by atoms with Gasteiger partial charge >= 0.3 is 6.03 Å². The molecule has 0 atom stereocenters. The molecule has 1 aliphatic rings. The number of likely N-dealkylation sites (tertiary alicyclic amines) is 1. The Kier molecular flexibility index (Phi) is 5.73. The van der Waals surface area contributed by atoms with Crippen LogP contribution in [0.3, 0.4) is 0 Å². The van der Waals surface area contributed by atoms with Gasteiger partial charge in [0.15, 0.2) is 5.78 Å². The summed E-state index contributed by atoms with van der Waals surface area (Å²) in [5.41, 5.74) is 7.04. The van der Waals surface area contributed by atoms with Crippen LogP contribution < -0.4 is 11.1 Å². The number of piperidine rings is 1. The van der Waals surface area contributed by atoms with Crippen molar-refractivity contribution in [3.05, 3.63) is 35.4 Å². The highest BCUT2D eigenvalue weighted by Crippen LogP contribution is 2.16. The number of hydrogen-bond acceptors (Lipinski definition) is 3. The van der Waals surface area contributed by atoms with Crippen molar-refractivity contribution in [2.75, 3.05) is 19.6 Å². The summed E-state index contributed by atoms with van der Waals surface area (Å²) >= 11 is 0. The fourth-order valence-corrected chi connectivity index (χ4v) is 2.65. The molecule has 0 spiro atoms. The number of Topliss-reactive ketones (excluding diaryl/α,β-unsaturated/α-hetero) is 1. The minimum absolute atomic E-state index is 0.0118. The summed E-state index contributed by atoms with van der Waals surface area (Å²) in [4.78, 5) is 36.8. The Morgan fingerprint density at radius 1 is 1.17 bits per heavy atom. The van der Waals surface area contributed by atoms with Crippen LogP contribution in [-0.2, 0) is 4.79 Å². The summed E-state index contributed by atoms with van der Waals surface area (Å²) in [6, 6.07) is 7.20. The standard InChI is InChI=1S/C17H23N3O3/c1-12-2-4-13(5-3-12)15(21)6-9-19-17(23)20-10-7-14(8-11-20)16(18)22/h2-5,14H,6-11H2,1H3,(H2,18,22)(H,19,23). The monoisotopic (exact) mass is 317 g/mol. The largest absolute Gasteiger partial charge is 0.369 e. The van der Waals surface area contributed by atoms with Crippen LogP contribution in [0.5, 0.6) is 0 Å². The second-order valence-electron chi connectivity index (χ2n) is 5.93. The number of primary amides is 1. The average Bonchev–Trinajstić information content (AvgIpc) is 2.55. The molecule has 1 saturated heterocycles. The molecule has 1 aromatic rings. The minimum atomic E-state index is -0.297. The van der Waals surface area contributed by atoms with Crippen LogP contribution in [0, 0.1) is 12.8 Å². The third kappa shape index (κ3) is 4.81. The first-order valence-electron chi connectivity index (χ1n) is 7.89. The fraction of sp³-hybridized carbons (Fsp3) is 0.471. The van der Waals surface area contributed by atoms with E-state index in [2.05, 4.69) is 5.32 Å². The van der Waals surface area contributed by atoms with E-state index in [0.717, 1.165) is 5.56 Å². The molecule has 2 rings (SSSR count). The first kappa shape index (κ1) is 17.0. The SMILES string of the molecule is Cc1ccc(C(=O)CCNC(=O)N2CCC(C(N)=O)CC2)cc1. The highest BCUT2D eigenvalue weighted by Gasteiger charge is 2.25. The van der Waals surface area contributed by atoms with Crippen molar-refractivity contribution in [3.63, 3.8) is 0 Å². The number of carbonyl (C=O) groups excluding carboxylic acids is 3. The van der Waals surface area contributed by atoms with Crippen molar-refractivity contribution >= 4 is 17.7 Å².